The van der Waals surface area contributed by atoms with Crippen molar-refractivity contribution in [3.05, 3.63) is 95.6 Å². The molecule has 0 saturated heterocycles. The molecule has 3 aromatic rings. The number of para-hydroxylation sites is 1. The Hall–Kier alpha value is -3.13. The van der Waals surface area contributed by atoms with E-state index >= 15 is 0 Å². The SMILES string of the molecule is CC(C)(C)C1=C(c2ccc3ccccc3c2C=NNc2ccccc2)CC=C1. The molecular formula is C26H26N2. The molecule has 0 atom stereocenters. The first-order valence-corrected chi connectivity index (χ1v) is 9.80. The van der Waals surface area contributed by atoms with E-state index < -0.39 is 0 Å². The molecule has 1 N–H and O–H groups in total. The molecule has 4 rings (SSSR count). The van der Waals surface area contributed by atoms with E-state index in [1.54, 1.807) is 0 Å². The van der Waals surface area contributed by atoms with Gasteiger partial charge in [-0.2, -0.15) is 5.10 Å². The average molecular weight is 367 g/mol. The third-order valence-electron chi connectivity index (χ3n) is 5.20. The molecule has 0 amide bonds. The number of nitrogens with one attached hydrogen (secondary N) is 1. The lowest BCUT2D eigenvalue weighted by Crippen LogP contribution is -2.09. The molecule has 0 heterocycles. The Morgan fingerprint density at radius 3 is 2.43 bits per heavy atom. The van der Waals surface area contributed by atoms with Gasteiger partial charge in [0, 0.05) is 5.56 Å². The number of rotatable bonds is 4. The number of benzene rings is 3. The topological polar surface area (TPSA) is 24.4 Å². The summed E-state index contributed by atoms with van der Waals surface area (Å²) >= 11 is 0. The number of allylic oxidation sites excluding steroid dienone is 4. The summed E-state index contributed by atoms with van der Waals surface area (Å²) < 4.78 is 0. The molecule has 140 valence electrons. The van der Waals surface area contributed by atoms with Crippen LogP contribution in [0.5, 0.6) is 0 Å². The Kier molecular flexibility index (Phi) is 4.87. The molecule has 2 nitrogen and oxygen atoms in total. The Balaban J connectivity index is 1.82. The molecule has 0 aromatic heterocycles. The summed E-state index contributed by atoms with van der Waals surface area (Å²) in [5.74, 6) is 0. The van der Waals surface area contributed by atoms with Crippen molar-refractivity contribution >= 4 is 28.2 Å². The van der Waals surface area contributed by atoms with Gasteiger partial charge in [0.1, 0.15) is 0 Å². The van der Waals surface area contributed by atoms with Crippen LogP contribution in [0.1, 0.15) is 38.3 Å². The van der Waals surface area contributed by atoms with Gasteiger partial charge in [-0.15, -0.1) is 0 Å². The van der Waals surface area contributed by atoms with E-state index in [1.165, 1.54) is 33.0 Å². The van der Waals surface area contributed by atoms with Crippen LogP contribution in [-0.4, -0.2) is 6.21 Å². The summed E-state index contributed by atoms with van der Waals surface area (Å²) in [6, 6.07) is 23.0. The minimum absolute atomic E-state index is 0.116. The second-order valence-corrected chi connectivity index (χ2v) is 8.23. The summed E-state index contributed by atoms with van der Waals surface area (Å²) in [7, 11) is 0. The fourth-order valence-electron chi connectivity index (χ4n) is 3.84. The molecule has 0 fully saturated rings. The minimum atomic E-state index is 0.116. The van der Waals surface area contributed by atoms with Gasteiger partial charge in [0.2, 0.25) is 0 Å². The lowest BCUT2D eigenvalue weighted by Gasteiger charge is -2.23. The standard InChI is InChI=1S/C26H26N2/c1-26(2,3)25-15-9-14-23(25)22-17-16-19-10-7-8-13-21(19)24(22)18-27-28-20-11-5-4-6-12-20/h4-13,15-18,28H,14H2,1-3H3. The van der Waals surface area contributed by atoms with E-state index in [4.69, 9.17) is 0 Å². The number of hydrogen-bond donors (Lipinski definition) is 1. The van der Waals surface area contributed by atoms with E-state index in [9.17, 15) is 0 Å². The molecule has 3 aromatic carbocycles. The molecule has 0 aliphatic heterocycles. The molecule has 0 unspecified atom stereocenters. The fraction of sp³-hybridized carbons (Fsp3) is 0.192. The third-order valence-corrected chi connectivity index (χ3v) is 5.20. The monoisotopic (exact) mass is 366 g/mol. The van der Waals surface area contributed by atoms with Crippen molar-refractivity contribution in [1.82, 2.24) is 0 Å². The zero-order valence-electron chi connectivity index (χ0n) is 16.7. The van der Waals surface area contributed by atoms with Gasteiger partial charge in [-0.3, -0.25) is 5.43 Å². The molecule has 28 heavy (non-hydrogen) atoms. The summed E-state index contributed by atoms with van der Waals surface area (Å²) in [4.78, 5) is 0. The highest BCUT2D eigenvalue weighted by atomic mass is 15.3. The summed E-state index contributed by atoms with van der Waals surface area (Å²) in [6.07, 6.45) is 7.50. The van der Waals surface area contributed by atoms with Crippen LogP contribution in [-0.2, 0) is 0 Å². The van der Waals surface area contributed by atoms with Gasteiger partial charge in [-0.25, -0.2) is 0 Å². The van der Waals surface area contributed by atoms with Crippen LogP contribution in [0, 0.1) is 5.41 Å². The highest BCUT2D eigenvalue weighted by Crippen LogP contribution is 2.41. The van der Waals surface area contributed by atoms with Crippen LogP contribution >= 0.6 is 0 Å². The van der Waals surface area contributed by atoms with Crippen molar-refractivity contribution in [2.45, 2.75) is 27.2 Å². The maximum Gasteiger partial charge on any atom is 0.0561 e. The predicted molar refractivity (Wildman–Crippen MR) is 122 cm³/mol. The van der Waals surface area contributed by atoms with Crippen LogP contribution in [0.3, 0.4) is 0 Å². The molecule has 0 saturated carbocycles. The molecule has 0 radical (unpaired) electrons. The quantitative estimate of drug-likeness (QED) is 0.388. The van der Waals surface area contributed by atoms with E-state index in [2.05, 4.69) is 79.8 Å². The van der Waals surface area contributed by atoms with Crippen molar-refractivity contribution in [2.24, 2.45) is 10.5 Å². The second kappa shape index (κ2) is 7.47. The predicted octanol–water partition coefficient (Wildman–Crippen LogP) is 7.05. The van der Waals surface area contributed by atoms with Crippen molar-refractivity contribution in [3.63, 3.8) is 0 Å². The van der Waals surface area contributed by atoms with Gasteiger partial charge in [-0.05, 0) is 51.5 Å². The average Bonchev–Trinajstić information content (AvgIpc) is 3.19. The van der Waals surface area contributed by atoms with E-state index in [-0.39, 0.29) is 5.41 Å². The van der Waals surface area contributed by atoms with Crippen LogP contribution < -0.4 is 5.43 Å². The number of anilines is 1. The second-order valence-electron chi connectivity index (χ2n) is 8.23. The van der Waals surface area contributed by atoms with E-state index in [1.807, 2.05) is 36.5 Å². The van der Waals surface area contributed by atoms with Crippen molar-refractivity contribution in [1.29, 1.82) is 0 Å². The Bertz CT molecular complexity index is 1080. The molecule has 0 bridgehead atoms. The number of hydrogen-bond acceptors (Lipinski definition) is 2. The van der Waals surface area contributed by atoms with Crippen molar-refractivity contribution in [2.75, 3.05) is 5.43 Å². The van der Waals surface area contributed by atoms with Crippen LogP contribution in [0.25, 0.3) is 16.3 Å². The van der Waals surface area contributed by atoms with Crippen LogP contribution in [0.2, 0.25) is 0 Å². The zero-order valence-corrected chi connectivity index (χ0v) is 16.7. The largest absolute Gasteiger partial charge is 0.279 e. The molecule has 1 aliphatic carbocycles. The minimum Gasteiger partial charge on any atom is -0.279 e. The molecule has 2 heteroatoms. The summed E-state index contributed by atoms with van der Waals surface area (Å²) in [6.45, 7) is 6.84. The Morgan fingerprint density at radius 2 is 1.64 bits per heavy atom. The summed E-state index contributed by atoms with van der Waals surface area (Å²) in [5.41, 5.74) is 9.51. The van der Waals surface area contributed by atoms with Crippen molar-refractivity contribution < 1.29 is 0 Å². The van der Waals surface area contributed by atoms with Gasteiger partial charge >= 0.3 is 0 Å². The van der Waals surface area contributed by atoms with Gasteiger partial charge in [0.15, 0.2) is 0 Å². The molecule has 1 aliphatic rings. The Morgan fingerprint density at radius 1 is 0.893 bits per heavy atom. The van der Waals surface area contributed by atoms with Crippen LogP contribution in [0.4, 0.5) is 5.69 Å². The first-order chi connectivity index (χ1) is 13.5. The van der Waals surface area contributed by atoms with Crippen LogP contribution in [0.15, 0.2) is 89.6 Å². The first-order valence-electron chi connectivity index (χ1n) is 9.80. The van der Waals surface area contributed by atoms with Gasteiger partial charge in [0.05, 0.1) is 11.9 Å². The fourth-order valence-corrected chi connectivity index (χ4v) is 3.84. The maximum absolute atomic E-state index is 4.56. The van der Waals surface area contributed by atoms with Gasteiger partial charge in [-0.1, -0.05) is 87.5 Å². The summed E-state index contributed by atoms with van der Waals surface area (Å²) in [5, 5.41) is 7.02. The van der Waals surface area contributed by atoms with Crippen molar-refractivity contribution in [3.8, 4) is 0 Å². The number of nitrogens with zero attached hydrogens (tertiary/aromatic N) is 1. The lowest BCUT2D eigenvalue weighted by atomic mass is 9.81. The van der Waals surface area contributed by atoms with E-state index in [0.29, 0.717) is 0 Å². The lowest BCUT2D eigenvalue weighted by molar-refractivity contribution is 0.520. The first kappa shape index (κ1) is 18.2. The highest BCUT2D eigenvalue weighted by Gasteiger charge is 2.24. The Labute approximate surface area is 167 Å². The normalized spacial score (nSPS) is 14.4. The maximum atomic E-state index is 4.56. The smallest absolute Gasteiger partial charge is 0.0561 e. The van der Waals surface area contributed by atoms with Gasteiger partial charge in [0.25, 0.3) is 0 Å². The number of hydrazone groups is 1. The van der Waals surface area contributed by atoms with Gasteiger partial charge < -0.3 is 0 Å². The van der Waals surface area contributed by atoms with E-state index in [0.717, 1.165) is 12.1 Å². The molecular weight excluding hydrogens is 340 g/mol. The highest BCUT2D eigenvalue weighted by molar-refractivity contribution is 6.05. The number of fused-ring (bicyclic) bond motifs is 1. The third kappa shape index (κ3) is 3.63. The zero-order chi connectivity index (χ0) is 19.6. The molecule has 0 spiro atoms.